The van der Waals surface area contributed by atoms with E-state index in [1.54, 1.807) is 18.2 Å². The third kappa shape index (κ3) is 4.01. The van der Waals surface area contributed by atoms with Crippen LogP contribution in [-0.4, -0.2) is 35.1 Å². The van der Waals surface area contributed by atoms with E-state index in [2.05, 4.69) is 5.32 Å². The van der Waals surface area contributed by atoms with Crippen LogP contribution < -0.4 is 11.1 Å². The average molecular weight is 397 g/mol. The second-order valence-electron chi connectivity index (χ2n) is 6.96. The highest BCUT2D eigenvalue weighted by atomic mass is 19.1. The van der Waals surface area contributed by atoms with E-state index in [0.29, 0.717) is 11.1 Å². The average Bonchev–Trinajstić information content (AvgIpc) is 2.89. The summed E-state index contributed by atoms with van der Waals surface area (Å²) in [5.74, 6) is -2.64. The molecule has 0 radical (unpaired) electrons. The molecule has 2 aromatic rings. The van der Waals surface area contributed by atoms with Crippen LogP contribution in [0, 0.1) is 19.7 Å². The molecule has 4 amide bonds. The first-order valence-electron chi connectivity index (χ1n) is 9.05. The number of nitrogens with two attached hydrogens (primary N) is 1. The summed E-state index contributed by atoms with van der Waals surface area (Å²) in [6, 6.07) is 7.39. The van der Waals surface area contributed by atoms with Gasteiger partial charge in [0.15, 0.2) is 0 Å². The number of carbonyl (C=O) groups is 4. The first-order chi connectivity index (χ1) is 13.7. The van der Waals surface area contributed by atoms with Gasteiger partial charge in [0.05, 0.1) is 11.1 Å². The smallest absolute Gasteiger partial charge is 0.261 e. The number of nitrogens with one attached hydrogen (secondary N) is 1. The standard InChI is InChI=1S/C21H20FN3O4/c1-11-5-6-14-15(8-11)21(29)25(20(14)28)7-3-4-18(26)24-17-10-13(19(23)27)9-16(22)12(17)2/h5-6,8-10H,3-4,7H2,1-2H3,(H2,23,27)(H,24,26). The second-order valence-corrected chi connectivity index (χ2v) is 6.96. The zero-order valence-electron chi connectivity index (χ0n) is 16.0. The first-order valence-corrected chi connectivity index (χ1v) is 9.05. The normalized spacial score (nSPS) is 12.9. The number of rotatable bonds is 6. The molecule has 1 aliphatic heterocycles. The Kier molecular flexibility index (Phi) is 5.45. The molecular weight excluding hydrogens is 377 g/mol. The van der Waals surface area contributed by atoms with Crippen molar-refractivity contribution in [1.29, 1.82) is 0 Å². The molecule has 0 aliphatic carbocycles. The van der Waals surface area contributed by atoms with E-state index in [1.807, 2.05) is 6.92 Å². The van der Waals surface area contributed by atoms with E-state index in [9.17, 15) is 23.6 Å². The Bertz CT molecular complexity index is 1050. The van der Waals surface area contributed by atoms with Gasteiger partial charge in [-0.2, -0.15) is 0 Å². The number of imide groups is 1. The van der Waals surface area contributed by atoms with E-state index in [0.717, 1.165) is 16.5 Å². The Morgan fingerprint density at radius 3 is 2.45 bits per heavy atom. The van der Waals surface area contributed by atoms with Crippen LogP contribution in [0.15, 0.2) is 30.3 Å². The highest BCUT2D eigenvalue weighted by Gasteiger charge is 2.34. The topological polar surface area (TPSA) is 110 Å². The number of aryl methyl sites for hydroxylation is 1. The van der Waals surface area contributed by atoms with Gasteiger partial charge in [0.2, 0.25) is 11.8 Å². The molecule has 0 spiro atoms. The van der Waals surface area contributed by atoms with Crippen molar-refractivity contribution in [1.82, 2.24) is 4.90 Å². The SMILES string of the molecule is Cc1ccc2c(c1)C(=O)N(CCCC(=O)Nc1cc(C(N)=O)cc(F)c1C)C2=O. The van der Waals surface area contributed by atoms with Gasteiger partial charge in [-0.15, -0.1) is 0 Å². The van der Waals surface area contributed by atoms with Crippen LogP contribution in [0.1, 0.15) is 55.0 Å². The maximum Gasteiger partial charge on any atom is 0.261 e. The predicted molar refractivity (Wildman–Crippen MR) is 104 cm³/mol. The number of fused-ring (bicyclic) bond motifs is 1. The molecule has 1 heterocycles. The lowest BCUT2D eigenvalue weighted by atomic mass is 10.1. The molecule has 7 nitrogen and oxygen atoms in total. The number of halogens is 1. The summed E-state index contributed by atoms with van der Waals surface area (Å²) >= 11 is 0. The predicted octanol–water partition coefficient (Wildman–Crippen LogP) is 2.56. The van der Waals surface area contributed by atoms with Gasteiger partial charge in [0.1, 0.15) is 5.82 Å². The molecule has 0 fully saturated rings. The molecule has 3 rings (SSSR count). The Labute approximate surface area is 166 Å². The molecule has 0 aromatic heterocycles. The Balaban J connectivity index is 1.61. The molecule has 8 heteroatoms. The lowest BCUT2D eigenvalue weighted by Crippen LogP contribution is -2.31. The van der Waals surface area contributed by atoms with Crippen molar-refractivity contribution in [3.63, 3.8) is 0 Å². The van der Waals surface area contributed by atoms with Crippen molar-refractivity contribution in [3.05, 3.63) is 64.0 Å². The monoisotopic (exact) mass is 397 g/mol. The maximum absolute atomic E-state index is 13.9. The Morgan fingerprint density at radius 1 is 1.07 bits per heavy atom. The molecule has 0 saturated heterocycles. The molecule has 0 saturated carbocycles. The van der Waals surface area contributed by atoms with Gasteiger partial charge in [-0.3, -0.25) is 24.1 Å². The third-order valence-electron chi connectivity index (χ3n) is 4.81. The molecule has 1 aliphatic rings. The van der Waals surface area contributed by atoms with Crippen molar-refractivity contribution >= 4 is 29.3 Å². The summed E-state index contributed by atoms with van der Waals surface area (Å²) in [6.07, 6.45) is 0.252. The van der Waals surface area contributed by atoms with Crippen molar-refractivity contribution in [2.75, 3.05) is 11.9 Å². The Morgan fingerprint density at radius 2 is 1.76 bits per heavy atom. The largest absolute Gasteiger partial charge is 0.366 e. The quantitative estimate of drug-likeness (QED) is 0.730. The second kappa shape index (κ2) is 7.83. The van der Waals surface area contributed by atoms with Crippen molar-refractivity contribution in [2.45, 2.75) is 26.7 Å². The number of carbonyl (C=O) groups excluding carboxylic acids is 4. The van der Waals surface area contributed by atoms with Gasteiger partial charge in [0, 0.05) is 29.8 Å². The zero-order valence-corrected chi connectivity index (χ0v) is 16.0. The van der Waals surface area contributed by atoms with E-state index >= 15 is 0 Å². The fourth-order valence-corrected chi connectivity index (χ4v) is 3.17. The maximum atomic E-state index is 13.9. The van der Waals surface area contributed by atoms with E-state index in [-0.39, 0.29) is 48.0 Å². The number of primary amides is 1. The Hall–Kier alpha value is -3.55. The summed E-state index contributed by atoms with van der Waals surface area (Å²) in [7, 11) is 0. The number of anilines is 1. The van der Waals surface area contributed by atoms with Crippen LogP contribution in [0.4, 0.5) is 10.1 Å². The van der Waals surface area contributed by atoms with Crippen LogP contribution >= 0.6 is 0 Å². The lowest BCUT2D eigenvalue weighted by Gasteiger charge is -2.14. The number of hydrogen-bond acceptors (Lipinski definition) is 4. The lowest BCUT2D eigenvalue weighted by molar-refractivity contribution is -0.116. The number of amides is 4. The molecule has 0 bridgehead atoms. The van der Waals surface area contributed by atoms with Crippen molar-refractivity contribution in [3.8, 4) is 0 Å². The molecule has 3 N–H and O–H groups in total. The fraction of sp³-hybridized carbons (Fsp3) is 0.238. The van der Waals surface area contributed by atoms with Crippen LogP contribution in [0.3, 0.4) is 0 Å². The van der Waals surface area contributed by atoms with Crippen molar-refractivity contribution in [2.24, 2.45) is 5.73 Å². The first kappa shape index (κ1) is 20.2. The molecule has 2 aromatic carbocycles. The summed E-state index contributed by atoms with van der Waals surface area (Å²) in [5, 5.41) is 2.54. The number of hydrogen-bond donors (Lipinski definition) is 2. The molecular formula is C21H20FN3O4. The van der Waals surface area contributed by atoms with Gasteiger partial charge >= 0.3 is 0 Å². The van der Waals surface area contributed by atoms with Crippen LogP contribution in [-0.2, 0) is 4.79 Å². The molecule has 150 valence electrons. The summed E-state index contributed by atoms with van der Waals surface area (Å²) in [4.78, 5) is 49.4. The zero-order chi connectivity index (χ0) is 21.3. The number of nitrogens with zero attached hydrogens (tertiary/aromatic N) is 1. The van der Waals surface area contributed by atoms with Gasteiger partial charge in [0.25, 0.3) is 11.8 Å². The minimum Gasteiger partial charge on any atom is -0.366 e. The van der Waals surface area contributed by atoms with E-state index in [1.165, 1.54) is 13.0 Å². The highest BCUT2D eigenvalue weighted by molar-refractivity contribution is 6.21. The van der Waals surface area contributed by atoms with Gasteiger partial charge in [-0.05, 0) is 44.5 Å². The van der Waals surface area contributed by atoms with E-state index in [4.69, 9.17) is 5.73 Å². The molecule has 29 heavy (non-hydrogen) atoms. The van der Waals surface area contributed by atoms with Crippen molar-refractivity contribution < 1.29 is 23.6 Å². The van der Waals surface area contributed by atoms with Gasteiger partial charge < -0.3 is 11.1 Å². The molecule has 0 atom stereocenters. The summed E-state index contributed by atoms with van der Waals surface area (Å²) in [6.45, 7) is 3.40. The minimum absolute atomic E-state index is 0.00823. The minimum atomic E-state index is -0.805. The fourth-order valence-electron chi connectivity index (χ4n) is 3.17. The molecule has 0 unspecified atom stereocenters. The van der Waals surface area contributed by atoms with Crippen LogP contribution in [0.25, 0.3) is 0 Å². The summed E-state index contributed by atoms with van der Waals surface area (Å²) < 4.78 is 13.9. The third-order valence-corrected chi connectivity index (χ3v) is 4.81. The summed E-state index contributed by atoms with van der Waals surface area (Å²) in [5.41, 5.74) is 7.06. The highest BCUT2D eigenvalue weighted by Crippen LogP contribution is 2.24. The van der Waals surface area contributed by atoms with Crippen LogP contribution in [0.2, 0.25) is 0 Å². The van der Waals surface area contributed by atoms with E-state index < -0.39 is 17.6 Å². The van der Waals surface area contributed by atoms with Crippen LogP contribution in [0.5, 0.6) is 0 Å². The van der Waals surface area contributed by atoms with Gasteiger partial charge in [-0.1, -0.05) is 11.6 Å². The van der Waals surface area contributed by atoms with Gasteiger partial charge in [-0.25, -0.2) is 4.39 Å². The number of benzene rings is 2.